The van der Waals surface area contributed by atoms with Crippen molar-refractivity contribution in [3.8, 4) is 0 Å². The highest BCUT2D eigenvalue weighted by atomic mass is 19.4. The van der Waals surface area contributed by atoms with Crippen LogP contribution in [0.5, 0.6) is 0 Å². The summed E-state index contributed by atoms with van der Waals surface area (Å²) < 4.78 is 41.2. The number of rotatable bonds is 5. The van der Waals surface area contributed by atoms with Gasteiger partial charge in [0.1, 0.15) is 0 Å². The second-order valence-corrected chi connectivity index (χ2v) is 6.11. The Labute approximate surface area is 154 Å². The highest BCUT2D eigenvalue weighted by Gasteiger charge is 2.31. The number of halogens is 3. The fraction of sp³-hybridized carbons (Fsp3) is 0.500. The average molecular weight is 389 g/mol. The van der Waals surface area contributed by atoms with Crippen molar-refractivity contribution in [2.24, 2.45) is 5.92 Å². The summed E-state index contributed by atoms with van der Waals surface area (Å²) in [7, 11) is 1.32. The smallest absolute Gasteiger partial charge is 0.389 e. The van der Waals surface area contributed by atoms with Crippen LogP contribution < -0.4 is 0 Å². The zero-order chi connectivity index (χ0) is 20.4. The lowest BCUT2D eigenvalue weighted by Gasteiger charge is -2.17. The zero-order valence-electron chi connectivity index (χ0n) is 14.9. The monoisotopic (exact) mass is 389 g/mol. The Hall–Kier alpha value is -2.58. The summed E-state index contributed by atoms with van der Waals surface area (Å²) >= 11 is 0. The van der Waals surface area contributed by atoms with Gasteiger partial charge in [0.05, 0.1) is 19.1 Å². The fourth-order valence-electron chi connectivity index (χ4n) is 2.86. The summed E-state index contributed by atoms with van der Waals surface area (Å²) in [5.41, 5.74) is 1.49. The van der Waals surface area contributed by atoms with E-state index in [1.165, 1.54) is 12.0 Å². The van der Waals surface area contributed by atoms with E-state index in [0.29, 0.717) is 18.7 Å². The first-order chi connectivity index (χ1) is 12.7. The molecule has 27 heavy (non-hydrogen) atoms. The molecule has 1 saturated heterocycles. The summed E-state index contributed by atoms with van der Waals surface area (Å²) in [5.74, 6) is -0.608. The van der Waals surface area contributed by atoms with Crippen LogP contribution >= 0.6 is 0 Å². The van der Waals surface area contributed by atoms with Gasteiger partial charge in [-0.3, -0.25) is 9.59 Å². The van der Waals surface area contributed by atoms with Crippen molar-refractivity contribution in [2.75, 3.05) is 20.2 Å². The first-order valence-electron chi connectivity index (χ1n) is 8.29. The molecule has 0 spiro atoms. The molecule has 2 rings (SSSR count). The molecule has 1 aromatic rings. The molecule has 1 atom stereocenters. The molecule has 0 saturated carbocycles. The lowest BCUT2D eigenvalue weighted by molar-refractivity contribution is -0.148. The van der Waals surface area contributed by atoms with Gasteiger partial charge in [-0.2, -0.15) is 13.2 Å². The largest absolute Gasteiger partial charge is 0.483 e. The van der Waals surface area contributed by atoms with Crippen molar-refractivity contribution < 1.29 is 37.4 Å². The van der Waals surface area contributed by atoms with Crippen molar-refractivity contribution in [2.45, 2.75) is 31.9 Å². The van der Waals surface area contributed by atoms with Gasteiger partial charge in [-0.25, -0.2) is 4.79 Å². The predicted octanol–water partition coefficient (Wildman–Crippen LogP) is 2.91. The normalized spacial score (nSPS) is 16.3. The SMILES string of the molecule is COC(=O)c1ccc(CC2CCN(C(=O)CCC(F)(F)F)C2)cc1.O=CO. The molecule has 1 aliphatic heterocycles. The number of hydrogen-bond acceptors (Lipinski definition) is 4. The number of carbonyl (C=O) groups is 3. The van der Waals surface area contributed by atoms with E-state index in [4.69, 9.17) is 9.90 Å². The van der Waals surface area contributed by atoms with Crippen LogP contribution in [0.1, 0.15) is 35.2 Å². The van der Waals surface area contributed by atoms with Gasteiger partial charge in [0, 0.05) is 19.5 Å². The molecule has 1 amide bonds. The van der Waals surface area contributed by atoms with Gasteiger partial charge >= 0.3 is 12.1 Å². The standard InChI is InChI=1S/C17H20F3NO3.CH2O2/c1-24-16(23)14-4-2-12(3-5-14)10-13-7-9-21(11-13)15(22)6-8-17(18,19)20;2-1-3/h2-5,13H,6-11H2,1H3;1H,(H,2,3). The van der Waals surface area contributed by atoms with Crippen molar-refractivity contribution in [3.63, 3.8) is 0 Å². The molecule has 0 aromatic heterocycles. The molecule has 0 radical (unpaired) electrons. The van der Waals surface area contributed by atoms with Crippen LogP contribution in [0.3, 0.4) is 0 Å². The van der Waals surface area contributed by atoms with Crippen LogP contribution in [-0.4, -0.2) is 54.7 Å². The number of alkyl halides is 3. The van der Waals surface area contributed by atoms with Gasteiger partial charge in [0.25, 0.3) is 6.47 Å². The Bertz CT molecular complexity index is 631. The third-order valence-electron chi connectivity index (χ3n) is 4.16. The second-order valence-electron chi connectivity index (χ2n) is 6.11. The zero-order valence-corrected chi connectivity index (χ0v) is 14.9. The molecule has 1 N–H and O–H groups in total. The molecule has 6 nitrogen and oxygen atoms in total. The molecule has 0 aliphatic carbocycles. The summed E-state index contributed by atoms with van der Waals surface area (Å²) in [5, 5.41) is 6.89. The van der Waals surface area contributed by atoms with Crippen LogP contribution in [0, 0.1) is 5.92 Å². The molecular weight excluding hydrogens is 367 g/mol. The van der Waals surface area contributed by atoms with Crippen molar-refractivity contribution in [1.29, 1.82) is 0 Å². The van der Waals surface area contributed by atoms with Crippen LogP contribution in [-0.2, 0) is 20.7 Å². The highest BCUT2D eigenvalue weighted by Crippen LogP contribution is 2.25. The van der Waals surface area contributed by atoms with E-state index >= 15 is 0 Å². The van der Waals surface area contributed by atoms with Gasteiger partial charge in [-0.05, 0) is 36.5 Å². The van der Waals surface area contributed by atoms with E-state index < -0.39 is 30.9 Å². The molecule has 1 fully saturated rings. The van der Waals surface area contributed by atoms with Crippen LogP contribution in [0.15, 0.2) is 24.3 Å². The number of ether oxygens (including phenoxy) is 1. The summed E-state index contributed by atoms with van der Waals surface area (Å²) in [4.78, 5) is 33.1. The minimum atomic E-state index is -4.30. The quantitative estimate of drug-likeness (QED) is 0.618. The Morgan fingerprint density at radius 3 is 2.41 bits per heavy atom. The van der Waals surface area contributed by atoms with E-state index in [2.05, 4.69) is 4.74 Å². The lowest BCUT2D eigenvalue weighted by atomic mass is 9.98. The number of benzene rings is 1. The predicted molar refractivity (Wildman–Crippen MR) is 90.2 cm³/mol. The molecule has 1 heterocycles. The lowest BCUT2D eigenvalue weighted by Crippen LogP contribution is -2.29. The maximum absolute atomic E-state index is 12.2. The Kier molecular flexibility index (Phi) is 8.77. The van der Waals surface area contributed by atoms with Crippen LogP contribution in [0.2, 0.25) is 0 Å². The first kappa shape index (κ1) is 22.5. The molecular formula is C18H22F3NO5. The number of carbonyl (C=O) groups excluding carboxylic acids is 2. The van der Waals surface area contributed by atoms with Gasteiger partial charge in [-0.15, -0.1) is 0 Å². The molecule has 1 aromatic carbocycles. The average Bonchev–Trinajstić information content (AvgIpc) is 3.08. The Balaban J connectivity index is 0.00000114. The number of hydrogen-bond donors (Lipinski definition) is 1. The maximum atomic E-state index is 12.2. The molecule has 9 heteroatoms. The van der Waals surface area contributed by atoms with E-state index in [1.807, 2.05) is 12.1 Å². The van der Waals surface area contributed by atoms with Crippen LogP contribution in [0.4, 0.5) is 13.2 Å². The van der Waals surface area contributed by atoms with E-state index in [1.54, 1.807) is 12.1 Å². The Morgan fingerprint density at radius 2 is 1.89 bits per heavy atom. The number of carboxylic acid groups (broad SMARTS) is 1. The minimum Gasteiger partial charge on any atom is -0.483 e. The van der Waals surface area contributed by atoms with Gasteiger partial charge in [-0.1, -0.05) is 12.1 Å². The molecule has 1 aliphatic rings. The minimum absolute atomic E-state index is 0.226. The second kappa shape index (κ2) is 10.5. The van der Waals surface area contributed by atoms with Crippen LogP contribution in [0.25, 0.3) is 0 Å². The number of likely N-dealkylation sites (tertiary alicyclic amines) is 1. The number of methoxy groups -OCH3 is 1. The summed E-state index contributed by atoms with van der Waals surface area (Å²) in [6.45, 7) is 0.733. The fourth-order valence-corrected chi connectivity index (χ4v) is 2.86. The summed E-state index contributed by atoms with van der Waals surface area (Å²) in [6, 6.07) is 7.03. The van der Waals surface area contributed by atoms with Crippen molar-refractivity contribution in [3.05, 3.63) is 35.4 Å². The van der Waals surface area contributed by atoms with Crippen molar-refractivity contribution in [1.82, 2.24) is 4.90 Å². The third-order valence-corrected chi connectivity index (χ3v) is 4.16. The van der Waals surface area contributed by atoms with E-state index in [-0.39, 0.29) is 12.4 Å². The van der Waals surface area contributed by atoms with Gasteiger partial charge < -0.3 is 14.7 Å². The number of amides is 1. The topological polar surface area (TPSA) is 83.9 Å². The van der Waals surface area contributed by atoms with Crippen molar-refractivity contribution >= 4 is 18.3 Å². The maximum Gasteiger partial charge on any atom is 0.389 e. The molecule has 150 valence electrons. The Morgan fingerprint density at radius 1 is 1.30 bits per heavy atom. The molecule has 0 bridgehead atoms. The van der Waals surface area contributed by atoms with Gasteiger partial charge in [0.15, 0.2) is 0 Å². The number of nitrogens with zero attached hydrogens (tertiary/aromatic N) is 1. The molecule has 1 unspecified atom stereocenters. The number of esters is 1. The first-order valence-corrected chi connectivity index (χ1v) is 8.29. The van der Waals surface area contributed by atoms with Gasteiger partial charge in [0.2, 0.25) is 5.91 Å². The summed E-state index contributed by atoms with van der Waals surface area (Å²) in [6.07, 6.45) is -4.34. The highest BCUT2D eigenvalue weighted by molar-refractivity contribution is 5.89. The van der Waals surface area contributed by atoms with E-state index in [0.717, 1.165) is 18.4 Å². The third kappa shape index (κ3) is 8.10. The van der Waals surface area contributed by atoms with E-state index in [9.17, 15) is 22.8 Å².